The molecule has 0 aliphatic heterocycles. The molecule has 1 unspecified atom stereocenters. The van der Waals surface area contributed by atoms with Gasteiger partial charge in [0.05, 0.1) is 0 Å². The minimum absolute atomic E-state index is 0.102. The molecule has 332 valence electrons. The van der Waals surface area contributed by atoms with Crippen molar-refractivity contribution >= 4 is 17.9 Å². The smallest absolute Gasteiger partial charge is 0.306 e. The number of carbonyl (C=O) groups is 3. The second-order valence-corrected chi connectivity index (χ2v) is 15.1. The highest BCUT2D eigenvalue weighted by molar-refractivity contribution is 5.71. The standard InChI is InChI=1S/C53H84O6/c1-4-7-10-13-16-19-22-24-25-26-27-29-31-34-37-40-43-46-52(55)58-49-50(48-57-51(54)45-42-39-36-33-30-21-18-15-12-9-6-3)59-53(56)47-44-41-38-35-32-28-23-20-17-14-11-8-5-2/h7-8,10-11,13-14,16-17,19-20,22-27,29,31,50H,4-6,9,12,15,18,21,28,30,32-49H2,1-3H3/b10-7-,11-8-,16-13-,17-14-,22-19-,23-20-,25-24-,27-26+,31-29-. The Labute approximate surface area is 361 Å². The molecule has 0 rings (SSSR count). The van der Waals surface area contributed by atoms with Gasteiger partial charge >= 0.3 is 17.9 Å². The molecule has 0 heterocycles. The first-order valence-corrected chi connectivity index (χ1v) is 23.5. The van der Waals surface area contributed by atoms with E-state index in [1.807, 2.05) is 66.8 Å². The normalized spacial score (nSPS) is 13.1. The first kappa shape index (κ1) is 55.1. The summed E-state index contributed by atoms with van der Waals surface area (Å²) in [5.74, 6) is -0.979. The molecule has 0 aromatic carbocycles. The van der Waals surface area contributed by atoms with Crippen LogP contribution in [-0.2, 0) is 28.6 Å². The van der Waals surface area contributed by atoms with E-state index in [9.17, 15) is 14.4 Å². The van der Waals surface area contributed by atoms with Gasteiger partial charge < -0.3 is 14.2 Å². The lowest BCUT2D eigenvalue weighted by Gasteiger charge is -2.18. The van der Waals surface area contributed by atoms with Crippen LogP contribution in [0.4, 0.5) is 0 Å². The van der Waals surface area contributed by atoms with Crippen molar-refractivity contribution in [1.29, 1.82) is 0 Å². The number of unbranched alkanes of at least 4 members (excludes halogenated alkanes) is 18. The molecule has 0 spiro atoms. The predicted octanol–water partition coefficient (Wildman–Crippen LogP) is 15.2. The van der Waals surface area contributed by atoms with E-state index in [4.69, 9.17) is 14.2 Å². The van der Waals surface area contributed by atoms with Crippen LogP contribution in [-0.4, -0.2) is 37.2 Å². The van der Waals surface area contributed by atoms with Crippen molar-refractivity contribution in [2.75, 3.05) is 13.2 Å². The van der Waals surface area contributed by atoms with Crippen molar-refractivity contribution in [2.45, 2.75) is 194 Å². The van der Waals surface area contributed by atoms with E-state index in [1.165, 1.54) is 51.4 Å². The van der Waals surface area contributed by atoms with Gasteiger partial charge in [-0.3, -0.25) is 14.4 Å². The second kappa shape index (κ2) is 46.8. The maximum absolute atomic E-state index is 12.7. The fourth-order valence-electron chi connectivity index (χ4n) is 6.00. The maximum atomic E-state index is 12.7. The minimum Gasteiger partial charge on any atom is -0.462 e. The topological polar surface area (TPSA) is 78.9 Å². The van der Waals surface area contributed by atoms with Crippen LogP contribution in [0.5, 0.6) is 0 Å². The highest BCUT2D eigenvalue weighted by Gasteiger charge is 2.19. The van der Waals surface area contributed by atoms with Crippen LogP contribution in [0, 0.1) is 0 Å². The number of ether oxygens (including phenoxy) is 3. The zero-order valence-corrected chi connectivity index (χ0v) is 37.7. The minimum atomic E-state index is -0.806. The van der Waals surface area contributed by atoms with Crippen molar-refractivity contribution in [1.82, 2.24) is 0 Å². The number of carbonyl (C=O) groups excluding carboxylic acids is 3. The first-order valence-electron chi connectivity index (χ1n) is 23.5. The largest absolute Gasteiger partial charge is 0.462 e. The average Bonchev–Trinajstić information content (AvgIpc) is 3.23. The molecule has 0 aromatic rings. The number of rotatable bonds is 40. The molecule has 0 saturated carbocycles. The van der Waals surface area contributed by atoms with Crippen molar-refractivity contribution < 1.29 is 28.6 Å². The quantitative estimate of drug-likeness (QED) is 0.0265. The van der Waals surface area contributed by atoms with Crippen molar-refractivity contribution in [2.24, 2.45) is 0 Å². The average molecular weight is 817 g/mol. The monoisotopic (exact) mass is 817 g/mol. The van der Waals surface area contributed by atoms with Crippen molar-refractivity contribution in [3.05, 3.63) is 109 Å². The summed E-state index contributed by atoms with van der Waals surface area (Å²) in [6, 6.07) is 0. The predicted molar refractivity (Wildman–Crippen MR) is 251 cm³/mol. The molecule has 1 atom stereocenters. The number of allylic oxidation sites excluding steroid dienone is 18. The van der Waals surface area contributed by atoms with Crippen LogP contribution in [0.15, 0.2) is 109 Å². The third kappa shape index (κ3) is 45.0. The Morgan fingerprint density at radius 1 is 0.356 bits per heavy atom. The van der Waals surface area contributed by atoms with E-state index in [0.29, 0.717) is 19.3 Å². The summed E-state index contributed by atoms with van der Waals surface area (Å²) >= 11 is 0. The number of hydrogen-bond acceptors (Lipinski definition) is 6. The Bertz CT molecular complexity index is 1260. The SMILES string of the molecule is CC\C=C/C=C\C=C/C=C\C=C\C=C/CCCCCC(=O)OCC(COC(=O)CCCCCCCCCCCCC)OC(=O)CCCCCCC\C=C/C=C\C=C/CC. The Balaban J connectivity index is 4.52. The Kier molecular flexibility index (Phi) is 43.6. The molecule has 0 aromatic heterocycles. The summed E-state index contributed by atoms with van der Waals surface area (Å²) in [7, 11) is 0. The van der Waals surface area contributed by atoms with Gasteiger partial charge in [-0.25, -0.2) is 0 Å². The summed E-state index contributed by atoms with van der Waals surface area (Å²) in [5.41, 5.74) is 0. The zero-order valence-electron chi connectivity index (χ0n) is 37.7. The van der Waals surface area contributed by atoms with E-state index >= 15 is 0 Å². The van der Waals surface area contributed by atoms with E-state index in [0.717, 1.165) is 96.3 Å². The highest BCUT2D eigenvalue weighted by atomic mass is 16.6. The molecule has 6 nitrogen and oxygen atoms in total. The fraction of sp³-hybridized carbons (Fsp3) is 0.604. The Morgan fingerprint density at radius 3 is 1.05 bits per heavy atom. The molecule has 6 heteroatoms. The molecular weight excluding hydrogens is 733 g/mol. The van der Waals surface area contributed by atoms with Gasteiger partial charge in [0.1, 0.15) is 13.2 Å². The van der Waals surface area contributed by atoms with Gasteiger partial charge in [-0.15, -0.1) is 0 Å². The summed E-state index contributed by atoms with van der Waals surface area (Å²) < 4.78 is 16.7. The summed E-state index contributed by atoms with van der Waals surface area (Å²) in [6.07, 6.45) is 62.1. The number of esters is 3. The third-order valence-electron chi connectivity index (χ3n) is 9.50. The lowest BCUT2D eigenvalue weighted by atomic mass is 10.1. The number of hydrogen-bond donors (Lipinski definition) is 0. The van der Waals surface area contributed by atoms with Crippen LogP contribution < -0.4 is 0 Å². The maximum Gasteiger partial charge on any atom is 0.306 e. The lowest BCUT2D eigenvalue weighted by Crippen LogP contribution is -2.30. The Morgan fingerprint density at radius 2 is 0.661 bits per heavy atom. The van der Waals surface area contributed by atoms with Crippen molar-refractivity contribution in [3.8, 4) is 0 Å². The van der Waals surface area contributed by atoms with Crippen LogP contribution in [0.1, 0.15) is 188 Å². The van der Waals surface area contributed by atoms with E-state index in [1.54, 1.807) is 0 Å². The molecule has 59 heavy (non-hydrogen) atoms. The fourth-order valence-corrected chi connectivity index (χ4v) is 6.00. The van der Waals surface area contributed by atoms with Gasteiger partial charge in [0.25, 0.3) is 0 Å². The van der Waals surface area contributed by atoms with Crippen LogP contribution in [0.25, 0.3) is 0 Å². The van der Waals surface area contributed by atoms with Gasteiger partial charge in [-0.05, 0) is 57.8 Å². The van der Waals surface area contributed by atoms with Gasteiger partial charge in [-0.2, -0.15) is 0 Å². The summed E-state index contributed by atoms with van der Waals surface area (Å²) in [6.45, 7) is 6.27. The molecule has 0 bridgehead atoms. The van der Waals surface area contributed by atoms with Crippen LogP contribution in [0.2, 0.25) is 0 Å². The highest BCUT2D eigenvalue weighted by Crippen LogP contribution is 2.14. The Hall–Kier alpha value is -3.93. The molecular formula is C53H84O6. The summed E-state index contributed by atoms with van der Waals surface area (Å²) in [4.78, 5) is 37.8. The van der Waals surface area contributed by atoms with E-state index < -0.39 is 6.10 Å². The molecule has 0 fully saturated rings. The molecule has 0 aliphatic rings. The van der Waals surface area contributed by atoms with Gasteiger partial charge in [0.15, 0.2) is 6.10 Å². The molecule has 0 amide bonds. The molecule has 0 saturated heterocycles. The third-order valence-corrected chi connectivity index (χ3v) is 9.50. The van der Waals surface area contributed by atoms with E-state index in [2.05, 4.69) is 63.3 Å². The second-order valence-electron chi connectivity index (χ2n) is 15.1. The lowest BCUT2D eigenvalue weighted by molar-refractivity contribution is -0.167. The zero-order chi connectivity index (χ0) is 43.0. The van der Waals surface area contributed by atoms with Gasteiger partial charge in [0.2, 0.25) is 0 Å². The summed E-state index contributed by atoms with van der Waals surface area (Å²) in [5, 5.41) is 0. The first-order chi connectivity index (χ1) is 29.0. The molecule has 0 radical (unpaired) electrons. The van der Waals surface area contributed by atoms with Crippen LogP contribution in [0.3, 0.4) is 0 Å². The van der Waals surface area contributed by atoms with Crippen molar-refractivity contribution in [3.63, 3.8) is 0 Å². The molecule has 0 aliphatic carbocycles. The van der Waals surface area contributed by atoms with E-state index in [-0.39, 0.29) is 31.1 Å². The van der Waals surface area contributed by atoms with Gasteiger partial charge in [0, 0.05) is 19.3 Å². The van der Waals surface area contributed by atoms with Crippen LogP contribution >= 0.6 is 0 Å². The van der Waals surface area contributed by atoms with Gasteiger partial charge in [-0.1, -0.05) is 220 Å². The molecule has 0 N–H and O–H groups in total.